The predicted octanol–water partition coefficient (Wildman–Crippen LogP) is 6.34. The van der Waals surface area contributed by atoms with Crippen molar-refractivity contribution in [3.05, 3.63) is 0 Å². The molecule has 1 aliphatic heterocycles. The van der Waals surface area contributed by atoms with E-state index < -0.39 is 12.6 Å². The highest BCUT2D eigenvalue weighted by atomic mass is 19.4. The molecule has 0 radical (unpaired) electrons. The Balaban J connectivity index is 1.32. The highest BCUT2D eigenvalue weighted by Gasteiger charge is 2.35. The summed E-state index contributed by atoms with van der Waals surface area (Å²) >= 11 is 0. The Hall–Kier alpha value is -0.290. The van der Waals surface area contributed by atoms with E-state index in [0.29, 0.717) is 25.6 Å². The summed E-state index contributed by atoms with van der Waals surface area (Å²) in [6.45, 7) is 3.49. The molecule has 0 aromatic heterocycles. The van der Waals surface area contributed by atoms with Crippen LogP contribution < -0.4 is 0 Å². The zero-order valence-electron chi connectivity index (χ0n) is 16.1. The second kappa shape index (κ2) is 9.27. The first-order valence-corrected chi connectivity index (χ1v) is 10.7. The normalized spacial score (nSPS) is 39.7. The SMILES string of the molecule is C[C@H]1CC[C@H](C2CCC([C@H]3OC[C@H](CCCC(F)(F)F)CO3)CC2)CC1. The first kappa shape index (κ1) is 20.4. The van der Waals surface area contributed by atoms with Gasteiger partial charge >= 0.3 is 6.18 Å². The monoisotopic (exact) mass is 376 g/mol. The molecule has 0 spiro atoms. The zero-order chi connectivity index (χ0) is 18.6. The van der Waals surface area contributed by atoms with E-state index in [1.54, 1.807) is 0 Å². The van der Waals surface area contributed by atoms with Crippen molar-refractivity contribution in [1.29, 1.82) is 0 Å². The maximum atomic E-state index is 12.2. The molecule has 0 unspecified atom stereocenters. The fourth-order valence-electron chi connectivity index (χ4n) is 5.23. The summed E-state index contributed by atoms with van der Waals surface area (Å²) in [5.41, 5.74) is 0. The van der Waals surface area contributed by atoms with Crippen LogP contribution in [-0.2, 0) is 9.47 Å². The Bertz CT molecular complexity index is 402. The molecule has 2 nitrogen and oxygen atoms in total. The van der Waals surface area contributed by atoms with Gasteiger partial charge in [0.1, 0.15) is 0 Å². The number of hydrogen-bond donors (Lipinski definition) is 0. The van der Waals surface area contributed by atoms with Gasteiger partial charge in [-0.15, -0.1) is 0 Å². The van der Waals surface area contributed by atoms with Crippen molar-refractivity contribution in [2.24, 2.45) is 29.6 Å². The minimum Gasteiger partial charge on any atom is -0.352 e. The van der Waals surface area contributed by atoms with Crippen LogP contribution in [0.15, 0.2) is 0 Å². The van der Waals surface area contributed by atoms with Crippen molar-refractivity contribution in [3.63, 3.8) is 0 Å². The van der Waals surface area contributed by atoms with E-state index in [9.17, 15) is 13.2 Å². The summed E-state index contributed by atoms with van der Waals surface area (Å²) < 4.78 is 48.5. The summed E-state index contributed by atoms with van der Waals surface area (Å²) in [5.74, 6) is 3.32. The summed E-state index contributed by atoms with van der Waals surface area (Å²) in [6, 6.07) is 0. The topological polar surface area (TPSA) is 18.5 Å². The van der Waals surface area contributed by atoms with Crippen LogP contribution in [0.1, 0.15) is 77.6 Å². The van der Waals surface area contributed by atoms with E-state index in [4.69, 9.17) is 9.47 Å². The molecular weight excluding hydrogens is 341 g/mol. The zero-order valence-corrected chi connectivity index (χ0v) is 16.1. The maximum absolute atomic E-state index is 12.2. The first-order valence-electron chi connectivity index (χ1n) is 10.7. The predicted molar refractivity (Wildman–Crippen MR) is 95.7 cm³/mol. The Morgan fingerprint density at radius 2 is 1.27 bits per heavy atom. The average molecular weight is 377 g/mol. The van der Waals surface area contributed by atoms with Gasteiger partial charge in [-0.25, -0.2) is 0 Å². The van der Waals surface area contributed by atoms with Crippen LogP contribution in [0.25, 0.3) is 0 Å². The van der Waals surface area contributed by atoms with Gasteiger partial charge in [0.25, 0.3) is 0 Å². The highest BCUT2D eigenvalue weighted by molar-refractivity contribution is 4.83. The number of rotatable bonds is 5. The van der Waals surface area contributed by atoms with Crippen molar-refractivity contribution >= 4 is 0 Å². The molecule has 2 aliphatic carbocycles. The molecule has 3 rings (SSSR count). The lowest BCUT2D eigenvalue weighted by atomic mass is 9.69. The molecule has 2 saturated carbocycles. The summed E-state index contributed by atoms with van der Waals surface area (Å²) in [7, 11) is 0. The number of halogens is 3. The molecule has 1 saturated heterocycles. The minimum absolute atomic E-state index is 0.120. The van der Waals surface area contributed by atoms with E-state index in [1.807, 2.05) is 0 Å². The van der Waals surface area contributed by atoms with E-state index in [-0.39, 0.29) is 18.6 Å². The molecule has 5 heteroatoms. The van der Waals surface area contributed by atoms with Crippen LogP contribution >= 0.6 is 0 Å². The molecule has 0 aromatic carbocycles. The smallest absolute Gasteiger partial charge is 0.352 e. The van der Waals surface area contributed by atoms with Crippen molar-refractivity contribution < 1.29 is 22.6 Å². The largest absolute Gasteiger partial charge is 0.389 e. The molecule has 3 aliphatic rings. The molecule has 0 amide bonds. The maximum Gasteiger partial charge on any atom is 0.389 e. The first-order chi connectivity index (χ1) is 12.4. The van der Waals surface area contributed by atoms with Crippen LogP contribution in [0.3, 0.4) is 0 Å². The van der Waals surface area contributed by atoms with Crippen molar-refractivity contribution in [2.45, 2.75) is 90.0 Å². The number of ether oxygens (including phenoxy) is 2. The van der Waals surface area contributed by atoms with Crippen molar-refractivity contribution in [1.82, 2.24) is 0 Å². The fraction of sp³-hybridized carbons (Fsp3) is 1.00. The molecule has 0 N–H and O–H groups in total. The van der Waals surface area contributed by atoms with Gasteiger partial charge in [-0.1, -0.05) is 19.8 Å². The summed E-state index contributed by atoms with van der Waals surface area (Å²) in [6.07, 6.45) is 6.41. The van der Waals surface area contributed by atoms with Gasteiger partial charge in [0, 0.05) is 18.3 Å². The van der Waals surface area contributed by atoms with Gasteiger partial charge in [0.2, 0.25) is 0 Å². The van der Waals surface area contributed by atoms with E-state index in [0.717, 1.165) is 17.8 Å². The van der Waals surface area contributed by atoms with E-state index in [2.05, 4.69) is 6.92 Å². The Labute approximate surface area is 156 Å². The molecular formula is C21H35F3O2. The molecule has 26 heavy (non-hydrogen) atoms. The van der Waals surface area contributed by atoms with Gasteiger partial charge in [-0.05, 0) is 69.1 Å². The van der Waals surface area contributed by atoms with Gasteiger partial charge in [-0.3, -0.25) is 0 Å². The highest BCUT2D eigenvalue weighted by Crippen LogP contribution is 2.42. The summed E-state index contributed by atoms with van der Waals surface area (Å²) in [5, 5.41) is 0. The third-order valence-electron chi connectivity index (χ3n) is 6.99. The van der Waals surface area contributed by atoms with E-state index >= 15 is 0 Å². The molecule has 1 heterocycles. The molecule has 0 bridgehead atoms. The lowest BCUT2D eigenvalue weighted by Gasteiger charge is -2.40. The van der Waals surface area contributed by atoms with Gasteiger partial charge < -0.3 is 9.47 Å². The van der Waals surface area contributed by atoms with Crippen LogP contribution in [-0.4, -0.2) is 25.7 Å². The van der Waals surface area contributed by atoms with Crippen molar-refractivity contribution in [2.75, 3.05) is 13.2 Å². The van der Waals surface area contributed by atoms with Crippen LogP contribution in [0.4, 0.5) is 13.2 Å². The molecule has 0 atom stereocenters. The van der Waals surface area contributed by atoms with Gasteiger partial charge in [-0.2, -0.15) is 13.2 Å². The van der Waals surface area contributed by atoms with Crippen LogP contribution in [0, 0.1) is 29.6 Å². The fourth-order valence-corrected chi connectivity index (χ4v) is 5.23. The third-order valence-corrected chi connectivity index (χ3v) is 6.99. The Morgan fingerprint density at radius 1 is 0.769 bits per heavy atom. The second-order valence-corrected chi connectivity index (χ2v) is 9.10. The van der Waals surface area contributed by atoms with Gasteiger partial charge in [0.05, 0.1) is 13.2 Å². The molecule has 3 fully saturated rings. The Kier molecular flexibility index (Phi) is 7.29. The van der Waals surface area contributed by atoms with Gasteiger partial charge in [0.15, 0.2) is 6.29 Å². The lowest BCUT2D eigenvalue weighted by molar-refractivity contribution is -0.231. The molecule has 0 aromatic rings. The van der Waals surface area contributed by atoms with Crippen LogP contribution in [0.5, 0.6) is 0 Å². The van der Waals surface area contributed by atoms with Crippen LogP contribution in [0.2, 0.25) is 0 Å². The quantitative estimate of drug-likeness (QED) is 0.557. The molecule has 152 valence electrons. The minimum atomic E-state index is -4.05. The average Bonchev–Trinajstić information content (AvgIpc) is 2.62. The Morgan fingerprint density at radius 3 is 1.81 bits per heavy atom. The van der Waals surface area contributed by atoms with E-state index in [1.165, 1.54) is 51.4 Å². The summed E-state index contributed by atoms with van der Waals surface area (Å²) in [4.78, 5) is 0. The van der Waals surface area contributed by atoms with Crippen molar-refractivity contribution in [3.8, 4) is 0 Å². The third kappa shape index (κ3) is 6.12. The standard InChI is InChI=1S/C21H35F3O2/c1-15-4-6-17(7-5-15)18-8-10-19(11-9-18)20-25-13-16(14-26-20)3-2-12-21(22,23)24/h15-20H,2-14H2,1H3/t15-,16-,17-,18?,19?,20-. The number of alkyl halides is 3. The lowest BCUT2D eigenvalue weighted by Crippen LogP contribution is -2.39. The number of hydrogen-bond acceptors (Lipinski definition) is 2. The second-order valence-electron chi connectivity index (χ2n) is 9.10.